The van der Waals surface area contributed by atoms with E-state index in [0.29, 0.717) is 24.6 Å². The van der Waals surface area contributed by atoms with Crippen LogP contribution in [0.2, 0.25) is 0 Å². The summed E-state index contributed by atoms with van der Waals surface area (Å²) in [6.07, 6.45) is 4.72. The lowest BCUT2D eigenvalue weighted by atomic mass is 10.3. The summed E-state index contributed by atoms with van der Waals surface area (Å²) >= 11 is 0. The zero-order valence-electron chi connectivity index (χ0n) is 14.3. The number of hydrogen-bond donors (Lipinski definition) is 0. The highest BCUT2D eigenvalue weighted by Gasteiger charge is 2.05. The van der Waals surface area contributed by atoms with Crippen LogP contribution >= 0.6 is 0 Å². The van der Waals surface area contributed by atoms with Crippen molar-refractivity contribution in [1.29, 1.82) is 0 Å². The molecule has 5 nitrogen and oxygen atoms in total. The number of amides is 1. The fourth-order valence-electron chi connectivity index (χ4n) is 2.28. The Labute approximate surface area is 150 Å². The van der Waals surface area contributed by atoms with Crippen molar-refractivity contribution in [2.75, 3.05) is 20.2 Å². The third kappa shape index (κ3) is 4.63. The molecule has 3 aromatic rings. The fraction of sp³-hybridized carbons (Fsp3) is 0.150. The van der Waals surface area contributed by atoms with E-state index in [-0.39, 0.29) is 11.7 Å². The molecule has 132 valence electrons. The number of rotatable bonds is 6. The average Bonchev–Trinajstić information content (AvgIpc) is 2.67. The zero-order valence-corrected chi connectivity index (χ0v) is 14.3. The Morgan fingerprint density at radius 2 is 1.88 bits per heavy atom. The Kier molecular flexibility index (Phi) is 5.53. The van der Waals surface area contributed by atoms with Gasteiger partial charge in [0.1, 0.15) is 18.2 Å². The van der Waals surface area contributed by atoms with Crippen molar-refractivity contribution in [2.45, 2.75) is 0 Å². The molecule has 1 amide bonds. The van der Waals surface area contributed by atoms with Crippen LogP contribution in [0.25, 0.3) is 17.1 Å². The molecule has 0 spiro atoms. The lowest BCUT2D eigenvalue weighted by molar-refractivity contribution is -0.125. The average molecular weight is 351 g/mol. The summed E-state index contributed by atoms with van der Waals surface area (Å²) < 4.78 is 18.3. The van der Waals surface area contributed by atoms with Crippen LogP contribution in [0.4, 0.5) is 4.39 Å². The number of para-hydroxylation sites is 2. The van der Waals surface area contributed by atoms with E-state index in [1.807, 2.05) is 24.3 Å². The molecule has 0 N–H and O–H groups in total. The van der Waals surface area contributed by atoms with E-state index in [9.17, 15) is 9.18 Å². The van der Waals surface area contributed by atoms with Crippen LogP contribution < -0.4 is 4.74 Å². The Morgan fingerprint density at radius 3 is 2.65 bits per heavy atom. The van der Waals surface area contributed by atoms with Crippen LogP contribution in [0.1, 0.15) is 5.69 Å². The minimum Gasteiger partial charge on any atom is -0.492 e. The molecule has 1 heterocycles. The van der Waals surface area contributed by atoms with Gasteiger partial charge in [0.05, 0.1) is 29.5 Å². The molecule has 26 heavy (non-hydrogen) atoms. The highest BCUT2D eigenvalue weighted by molar-refractivity contribution is 5.91. The number of halogens is 1. The first-order valence-electron chi connectivity index (χ1n) is 8.15. The quantitative estimate of drug-likeness (QED) is 0.639. The van der Waals surface area contributed by atoms with Crippen LogP contribution in [0, 0.1) is 5.82 Å². The lowest BCUT2D eigenvalue weighted by Gasteiger charge is -2.15. The second-order valence-electron chi connectivity index (χ2n) is 5.68. The highest BCUT2D eigenvalue weighted by atomic mass is 19.1. The lowest BCUT2D eigenvalue weighted by Crippen LogP contribution is -2.29. The van der Waals surface area contributed by atoms with E-state index in [2.05, 4.69) is 9.97 Å². The minimum atomic E-state index is -0.313. The summed E-state index contributed by atoms with van der Waals surface area (Å²) in [6, 6.07) is 13.3. The first-order chi connectivity index (χ1) is 12.6. The summed E-state index contributed by atoms with van der Waals surface area (Å²) in [5.41, 5.74) is 2.21. The molecular weight excluding hydrogens is 333 g/mol. The molecule has 0 saturated heterocycles. The van der Waals surface area contributed by atoms with Gasteiger partial charge in [-0.25, -0.2) is 9.37 Å². The predicted octanol–water partition coefficient (Wildman–Crippen LogP) is 3.32. The van der Waals surface area contributed by atoms with Gasteiger partial charge in [-0.15, -0.1) is 0 Å². The summed E-state index contributed by atoms with van der Waals surface area (Å²) in [5, 5.41) is 0. The molecule has 6 heteroatoms. The molecule has 2 aromatic carbocycles. The van der Waals surface area contributed by atoms with Gasteiger partial charge in [0.25, 0.3) is 0 Å². The normalized spacial score (nSPS) is 11.0. The Morgan fingerprint density at radius 1 is 1.15 bits per heavy atom. The van der Waals surface area contributed by atoms with Crippen molar-refractivity contribution in [3.63, 3.8) is 0 Å². The van der Waals surface area contributed by atoms with Gasteiger partial charge in [0.15, 0.2) is 0 Å². The van der Waals surface area contributed by atoms with Crippen LogP contribution in [0.15, 0.2) is 60.8 Å². The molecule has 0 aliphatic heterocycles. The maximum atomic E-state index is 12.8. The molecule has 0 aliphatic carbocycles. The predicted molar refractivity (Wildman–Crippen MR) is 98.1 cm³/mol. The number of benzene rings is 2. The number of ether oxygens (including phenoxy) is 1. The second-order valence-corrected chi connectivity index (χ2v) is 5.68. The van der Waals surface area contributed by atoms with Gasteiger partial charge in [0, 0.05) is 13.1 Å². The van der Waals surface area contributed by atoms with E-state index >= 15 is 0 Å². The molecule has 3 rings (SSSR count). The molecule has 1 aromatic heterocycles. The standard InChI is InChI=1S/C20H18FN3O2/c1-24(12-13-26-17-9-6-15(21)7-10-17)20(25)11-8-16-14-22-18-4-2-3-5-19(18)23-16/h2-11,14H,12-13H2,1H3/b11-8+. The Balaban J connectivity index is 1.52. The summed E-state index contributed by atoms with van der Waals surface area (Å²) in [4.78, 5) is 22.4. The van der Waals surface area contributed by atoms with Crippen molar-refractivity contribution in [3.05, 3.63) is 72.3 Å². The molecular formula is C20H18FN3O2. The summed E-state index contributed by atoms with van der Waals surface area (Å²) in [6.45, 7) is 0.724. The summed E-state index contributed by atoms with van der Waals surface area (Å²) in [7, 11) is 1.69. The van der Waals surface area contributed by atoms with Crippen molar-refractivity contribution in [3.8, 4) is 5.75 Å². The maximum Gasteiger partial charge on any atom is 0.246 e. The molecule has 0 atom stereocenters. The SMILES string of the molecule is CN(CCOc1ccc(F)cc1)C(=O)/C=C/c1cnc2ccccc2n1. The number of carbonyl (C=O) groups is 1. The van der Waals surface area contributed by atoms with Gasteiger partial charge < -0.3 is 9.64 Å². The molecule has 0 bridgehead atoms. The number of aromatic nitrogens is 2. The number of hydrogen-bond acceptors (Lipinski definition) is 4. The van der Waals surface area contributed by atoms with E-state index < -0.39 is 0 Å². The monoisotopic (exact) mass is 351 g/mol. The van der Waals surface area contributed by atoms with Crippen molar-refractivity contribution < 1.29 is 13.9 Å². The molecule has 0 radical (unpaired) electrons. The van der Waals surface area contributed by atoms with Gasteiger partial charge >= 0.3 is 0 Å². The first kappa shape index (κ1) is 17.5. The third-order valence-corrected chi connectivity index (χ3v) is 3.75. The molecule has 0 unspecified atom stereocenters. The largest absolute Gasteiger partial charge is 0.492 e. The molecule has 0 fully saturated rings. The molecule has 0 aliphatic rings. The van der Waals surface area contributed by atoms with Crippen LogP contribution in [0.3, 0.4) is 0 Å². The number of likely N-dealkylation sites (N-methyl/N-ethyl adjacent to an activating group) is 1. The second kappa shape index (κ2) is 8.20. The first-order valence-corrected chi connectivity index (χ1v) is 8.15. The van der Waals surface area contributed by atoms with Crippen LogP contribution in [0.5, 0.6) is 5.75 Å². The van der Waals surface area contributed by atoms with Gasteiger partial charge in [-0.05, 0) is 42.5 Å². The van der Waals surface area contributed by atoms with E-state index in [1.165, 1.54) is 23.1 Å². The van der Waals surface area contributed by atoms with Crippen LogP contribution in [-0.4, -0.2) is 41.0 Å². The Bertz CT molecular complexity index is 926. The topological polar surface area (TPSA) is 55.3 Å². The number of carbonyl (C=O) groups excluding carboxylic acids is 1. The molecule has 0 saturated carbocycles. The van der Waals surface area contributed by atoms with Crippen molar-refractivity contribution in [2.24, 2.45) is 0 Å². The van der Waals surface area contributed by atoms with Gasteiger partial charge in [-0.3, -0.25) is 9.78 Å². The highest BCUT2D eigenvalue weighted by Crippen LogP contribution is 2.11. The Hall–Kier alpha value is -3.28. The van der Waals surface area contributed by atoms with Crippen molar-refractivity contribution >= 4 is 23.0 Å². The van der Waals surface area contributed by atoms with Gasteiger partial charge in [-0.1, -0.05) is 12.1 Å². The van der Waals surface area contributed by atoms with E-state index in [1.54, 1.807) is 31.5 Å². The summed E-state index contributed by atoms with van der Waals surface area (Å²) in [5.74, 6) is 0.0865. The smallest absolute Gasteiger partial charge is 0.246 e. The van der Waals surface area contributed by atoms with E-state index in [4.69, 9.17) is 4.74 Å². The van der Waals surface area contributed by atoms with Gasteiger partial charge in [-0.2, -0.15) is 0 Å². The number of fused-ring (bicyclic) bond motifs is 1. The maximum absolute atomic E-state index is 12.8. The van der Waals surface area contributed by atoms with Gasteiger partial charge in [0.2, 0.25) is 5.91 Å². The number of nitrogens with zero attached hydrogens (tertiary/aromatic N) is 3. The van der Waals surface area contributed by atoms with Crippen LogP contribution in [-0.2, 0) is 4.79 Å². The van der Waals surface area contributed by atoms with E-state index in [0.717, 1.165) is 11.0 Å². The van der Waals surface area contributed by atoms with Crippen molar-refractivity contribution in [1.82, 2.24) is 14.9 Å². The third-order valence-electron chi connectivity index (χ3n) is 3.75. The minimum absolute atomic E-state index is 0.164. The zero-order chi connectivity index (χ0) is 18.4. The fourth-order valence-corrected chi connectivity index (χ4v) is 2.28.